The predicted molar refractivity (Wildman–Crippen MR) is 119 cm³/mol. The molecule has 0 spiro atoms. The summed E-state index contributed by atoms with van der Waals surface area (Å²) < 4.78 is 37.5. The quantitative estimate of drug-likeness (QED) is 0.598. The van der Waals surface area contributed by atoms with Crippen LogP contribution in [-0.4, -0.2) is 58.1 Å². The van der Waals surface area contributed by atoms with Gasteiger partial charge in [0.1, 0.15) is 12.4 Å². The van der Waals surface area contributed by atoms with Crippen LogP contribution >= 0.6 is 0 Å². The molecular formula is C23H30N2O5S. The van der Waals surface area contributed by atoms with Crippen LogP contribution in [0, 0.1) is 13.8 Å². The molecule has 31 heavy (non-hydrogen) atoms. The van der Waals surface area contributed by atoms with Crippen molar-refractivity contribution < 1.29 is 22.7 Å². The average Bonchev–Trinajstić information content (AvgIpc) is 2.78. The largest absolute Gasteiger partial charge is 0.492 e. The number of hydrogen-bond acceptors (Lipinski definition) is 5. The molecule has 2 aromatic rings. The van der Waals surface area contributed by atoms with Crippen molar-refractivity contribution in [1.82, 2.24) is 9.62 Å². The zero-order valence-corrected chi connectivity index (χ0v) is 18.9. The summed E-state index contributed by atoms with van der Waals surface area (Å²) >= 11 is 0. The minimum Gasteiger partial charge on any atom is -0.492 e. The van der Waals surface area contributed by atoms with Gasteiger partial charge in [-0.3, -0.25) is 4.79 Å². The second-order valence-electron chi connectivity index (χ2n) is 7.60. The predicted octanol–water partition coefficient (Wildman–Crippen LogP) is 2.45. The van der Waals surface area contributed by atoms with Gasteiger partial charge in [-0.05, 0) is 61.2 Å². The number of nitrogens with one attached hydrogen (secondary N) is 1. The Balaban J connectivity index is 1.39. The first-order valence-corrected chi connectivity index (χ1v) is 11.9. The van der Waals surface area contributed by atoms with Crippen molar-refractivity contribution in [3.63, 3.8) is 0 Å². The van der Waals surface area contributed by atoms with E-state index in [4.69, 9.17) is 9.47 Å². The van der Waals surface area contributed by atoms with Crippen LogP contribution in [-0.2, 0) is 26.0 Å². The van der Waals surface area contributed by atoms with Gasteiger partial charge in [0.25, 0.3) is 0 Å². The molecule has 1 fully saturated rings. The number of morpholine rings is 1. The van der Waals surface area contributed by atoms with E-state index in [-0.39, 0.29) is 10.8 Å². The molecule has 1 heterocycles. The number of nitrogens with zero attached hydrogens (tertiary/aromatic N) is 1. The second-order valence-corrected chi connectivity index (χ2v) is 9.54. The molecule has 1 aliphatic heterocycles. The Kier molecular flexibility index (Phi) is 8.06. The zero-order chi connectivity index (χ0) is 22.3. The molecule has 0 radical (unpaired) electrons. The van der Waals surface area contributed by atoms with E-state index in [1.54, 1.807) is 24.3 Å². The lowest BCUT2D eigenvalue weighted by atomic mass is 10.0. The maximum atomic E-state index is 12.6. The Bertz CT molecular complexity index is 984. The van der Waals surface area contributed by atoms with Crippen molar-refractivity contribution in [3.8, 4) is 5.75 Å². The van der Waals surface area contributed by atoms with E-state index in [0.717, 1.165) is 5.56 Å². The van der Waals surface area contributed by atoms with Gasteiger partial charge in [-0.25, -0.2) is 8.42 Å². The summed E-state index contributed by atoms with van der Waals surface area (Å²) in [7, 11) is -3.51. The van der Waals surface area contributed by atoms with Crippen LogP contribution < -0.4 is 10.1 Å². The third kappa shape index (κ3) is 6.53. The van der Waals surface area contributed by atoms with Gasteiger partial charge in [-0.15, -0.1) is 0 Å². The Morgan fingerprint density at radius 2 is 1.77 bits per heavy atom. The number of aryl methyl sites for hydroxylation is 3. The summed E-state index contributed by atoms with van der Waals surface area (Å²) in [6.07, 6.45) is 1.13. The van der Waals surface area contributed by atoms with Gasteiger partial charge in [0.05, 0.1) is 24.7 Å². The molecule has 168 valence electrons. The van der Waals surface area contributed by atoms with Crippen LogP contribution in [0.1, 0.15) is 23.1 Å². The first-order valence-electron chi connectivity index (χ1n) is 10.5. The monoisotopic (exact) mass is 446 g/mol. The molecule has 1 N–H and O–H groups in total. The van der Waals surface area contributed by atoms with E-state index in [2.05, 4.69) is 37.4 Å². The van der Waals surface area contributed by atoms with Gasteiger partial charge in [0.15, 0.2) is 0 Å². The summed E-state index contributed by atoms with van der Waals surface area (Å²) in [5.74, 6) is 0.541. The molecule has 0 saturated carbocycles. The van der Waals surface area contributed by atoms with Crippen LogP contribution in [0.4, 0.5) is 0 Å². The Morgan fingerprint density at radius 1 is 1.06 bits per heavy atom. The highest BCUT2D eigenvalue weighted by molar-refractivity contribution is 7.89. The zero-order valence-electron chi connectivity index (χ0n) is 18.1. The fourth-order valence-electron chi connectivity index (χ4n) is 3.31. The van der Waals surface area contributed by atoms with E-state index in [0.29, 0.717) is 58.0 Å². The van der Waals surface area contributed by atoms with E-state index in [9.17, 15) is 13.2 Å². The summed E-state index contributed by atoms with van der Waals surface area (Å²) in [5, 5.41) is 2.85. The number of sulfonamides is 1. The molecule has 0 atom stereocenters. The van der Waals surface area contributed by atoms with Crippen LogP contribution in [0.2, 0.25) is 0 Å². The van der Waals surface area contributed by atoms with E-state index < -0.39 is 10.0 Å². The fourth-order valence-corrected chi connectivity index (χ4v) is 4.72. The molecule has 1 aliphatic rings. The Hall–Kier alpha value is -2.42. The van der Waals surface area contributed by atoms with Gasteiger partial charge in [-0.1, -0.05) is 18.2 Å². The van der Waals surface area contributed by atoms with Gasteiger partial charge < -0.3 is 14.8 Å². The van der Waals surface area contributed by atoms with Crippen LogP contribution in [0.3, 0.4) is 0 Å². The number of benzene rings is 2. The Labute approximate surface area is 184 Å². The molecule has 3 rings (SSSR count). The standard InChI is InChI=1S/C23H30N2O5S/c1-18-3-4-20(17-19(18)2)5-10-23(26)24-11-14-30-21-6-8-22(9-7-21)31(27,28)25-12-15-29-16-13-25/h3-4,6-9,17H,5,10-16H2,1-2H3,(H,24,26). The second kappa shape index (κ2) is 10.7. The first kappa shape index (κ1) is 23.2. The SMILES string of the molecule is Cc1ccc(CCC(=O)NCCOc2ccc(S(=O)(=O)N3CCOCC3)cc2)cc1C. The van der Waals surface area contributed by atoms with Crippen molar-refractivity contribution in [1.29, 1.82) is 0 Å². The number of amides is 1. The van der Waals surface area contributed by atoms with Crippen LogP contribution in [0.15, 0.2) is 47.4 Å². The first-order chi connectivity index (χ1) is 14.9. The highest BCUT2D eigenvalue weighted by atomic mass is 32.2. The third-order valence-electron chi connectivity index (χ3n) is 5.34. The highest BCUT2D eigenvalue weighted by Crippen LogP contribution is 2.20. The lowest BCUT2D eigenvalue weighted by molar-refractivity contribution is -0.121. The Morgan fingerprint density at radius 3 is 2.45 bits per heavy atom. The number of rotatable bonds is 9. The molecular weight excluding hydrogens is 416 g/mol. The van der Waals surface area contributed by atoms with Gasteiger partial charge in [0, 0.05) is 19.5 Å². The number of carbonyl (C=O) groups excluding carboxylic acids is 1. The molecule has 0 unspecified atom stereocenters. The molecule has 8 heteroatoms. The number of ether oxygens (including phenoxy) is 2. The number of hydrogen-bond donors (Lipinski definition) is 1. The fraction of sp³-hybridized carbons (Fsp3) is 0.435. The minimum absolute atomic E-state index is 0.0196. The summed E-state index contributed by atoms with van der Waals surface area (Å²) in [5.41, 5.74) is 3.63. The maximum absolute atomic E-state index is 12.6. The lowest BCUT2D eigenvalue weighted by Crippen LogP contribution is -2.40. The van der Waals surface area contributed by atoms with E-state index in [1.165, 1.54) is 15.4 Å². The van der Waals surface area contributed by atoms with Crippen molar-refractivity contribution in [2.45, 2.75) is 31.6 Å². The topological polar surface area (TPSA) is 84.9 Å². The average molecular weight is 447 g/mol. The highest BCUT2D eigenvalue weighted by Gasteiger charge is 2.26. The molecule has 2 aromatic carbocycles. The lowest BCUT2D eigenvalue weighted by Gasteiger charge is -2.26. The molecule has 1 saturated heterocycles. The van der Waals surface area contributed by atoms with Crippen molar-refractivity contribution in [2.75, 3.05) is 39.5 Å². The summed E-state index contributed by atoms with van der Waals surface area (Å²) in [4.78, 5) is 12.3. The van der Waals surface area contributed by atoms with Gasteiger partial charge in [-0.2, -0.15) is 4.31 Å². The van der Waals surface area contributed by atoms with Crippen molar-refractivity contribution in [3.05, 3.63) is 59.2 Å². The minimum atomic E-state index is -3.51. The molecule has 0 aromatic heterocycles. The third-order valence-corrected chi connectivity index (χ3v) is 7.25. The summed E-state index contributed by atoms with van der Waals surface area (Å²) in [6, 6.07) is 12.6. The summed E-state index contributed by atoms with van der Waals surface area (Å²) in [6.45, 7) is 6.40. The van der Waals surface area contributed by atoms with Crippen molar-refractivity contribution >= 4 is 15.9 Å². The maximum Gasteiger partial charge on any atom is 0.243 e. The molecule has 1 amide bonds. The molecule has 7 nitrogen and oxygen atoms in total. The van der Waals surface area contributed by atoms with Gasteiger partial charge >= 0.3 is 0 Å². The van der Waals surface area contributed by atoms with Crippen molar-refractivity contribution in [2.24, 2.45) is 0 Å². The van der Waals surface area contributed by atoms with E-state index in [1.807, 2.05) is 0 Å². The number of carbonyl (C=O) groups is 1. The molecule has 0 aliphatic carbocycles. The smallest absolute Gasteiger partial charge is 0.243 e. The normalized spacial score (nSPS) is 14.9. The van der Waals surface area contributed by atoms with E-state index >= 15 is 0 Å². The van der Waals surface area contributed by atoms with Crippen LogP contribution in [0.25, 0.3) is 0 Å². The van der Waals surface area contributed by atoms with Gasteiger partial charge in [0.2, 0.25) is 15.9 Å². The van der Waals surface area contributed by atoms with Crippen LogP contribution in [0.5, 0.6) is 5.75 Å². The molecule has 0 bridgehead atoms.